The molecule has 0 amide bonds. The molecule has 1 aliphatic heterocycles. The number of benzene rings is 2. The molecule has 0 saturated carbocycles. The SMILES string of the molecule is CC(C)(C)c1ccc2c(c1)C(C)(C)c1cc(C(C)(C)C)ccc1S2. The van der Waals surface area contributed by atoms with Crippen molar-refractivity contribution < 1.29 is 0 Å². The second kappa shape index (κ2) is 5.39. The molecular formula is C23H30S. The molecule has 0 saturated heterocycles. The minimum absolute atomic E-state index is 0.0401. The van der Waals surface area contributed by atoms with Crippen LogP contribution in [0.5, 0.6) is 0 Å². The molecule has 0 radical (unpaired) electrons. The van der Waals surface area contributed by atoms with E-state index in [0.717, 1.165) is 0 Å². The first-order valence-electron chi connectivity index (χ1n) is 8.88. The average Bonchev–Trinajstić information content (AvgIpc) is 2.44. The summed E-state index contributed by atoms with van der Waals surface area (Å²) >= 11 is 1.92. The van der Waals surface area contributed by atoms with Gasteiger partial charge in [-0.15, -0.1) is 0 Å². The molecule has 0 nitrogen and oxygen atoms in total. The van der Waals surface area contributed by atoms with Crippen LogP contribution in [0.15, 0.2) is 46.2 Å². The maximum atomic E-state index is 2.44. The summed E-state index contributed by atoms with van der Waals surface area (Å²) in [6.45, 7) is 18.5. The maximum absolute atomic E-state index is 2.44. The highest BCUT2D eigenvalue weighted by atomic mass is 32.2. The molecule has 2 aromatic rings. The van der Waals surface area contributed by atoms with E-state index in [9.17, 15) is 0 Å². The van der Waals surface area contributed by atoms with Crippen LogP contribution in [0, 0.1) is 0 Å². The standard InChI is InChI=1S/C23H30S/c1-21(2,3)15-9-11-19-17(13-15)23(7,8)18-14-16(22(4,5)6)10-12-20(18)24-19/h9-14H,1-8H3. The van der Waals surface area contributed by atoms with Crippen LogP contribution in [-0.2, 0) is 16.2 Å². The molecular weight excluding hydrogens is 308 g/mol. The van der Waals surface area contributed by atoms with Gasteiger partial charge in [0, 0.05) is 15.2 Å². The van der Waals surface area contributed by atoms with Gasteiger partial charge in [0.05, 0.1) is 0 Å². The lowest BCUT2D eigenvalue weighted by Crippen LogP contribution is -2.26. The minimum atomic E-state index is 0.0401. The Morgan fingerprint density at radius 2 is 1.04 bits per heavy atom. The lowest BCUT2D eigenvalue weighted by molar-refractivity contribution is 0.563. The minimum Gasteiger partial charge on any atom is -0.0895 e. The fourth-order valence-electron chi connectivity index (χ4n) is 3.41. The van der Waals surface area contributed by atoms with Gasteiger partial charge in [0.15, 0.2) is 0 Å². The summed E-state index contributed by atoms with van der Waals surface area (Å²) in [5.74, 6) is 0. The molecule has 1 aliphatic rings. The van der Waals surface area contributed by atoms with Gasteiger partial charge in [-0.05, 0) is 45.2 Å². The Morgan fingerprint density at radius 1 is 0.667 bits per heavy atom. The van der Waals surface area contributed by atoms with Gasteiger partial charge < -0.3 is 0 Å². The summed E-state index contributed by atoms with van der Waals surface area (Å²) in [5, 5.41) is 0. The first-order valence-corrected chi connectivity index (χ1v) is 9.70. The van der Waals surface area contributed by atoms with Gasteiger partial charge in [0.2, 0.25) is 0 Å². The molecule has 1 heterocycles. The van der Waals surface area contributed by atoms with Gasteiger partial charge >= 0.3 is 0 Å². The van der Waals surface area contributed by atoms with E-state index in [1.54, 1.807) is 0 Å². The van der Waals surface area contributed by atoms with Gasteiger partial charge in [-0.25, -0.2) is 0 Å². The van der Waals surface area contributed by atoms with E-state index < -0.39 is 0 Å². The van der Waals surface area contributed by atoms with Crippen LogP contribution in [0.1, 0.15) is 77.6 Å². The van der Waals surface area contributed by atoms with Crippen molar-refractivity contribution in [2.75, 3.05) is 0 Å². The van der Waals surface area contributed by atoms with Crippen LogP contribution < -0.4 is 0 Å². The number of fused-ring (bicyclic) bond motifs is 2. The van der Waals surface area contributed by atoms with Crippen molar-refractivity contribution in [1.29, 1.82) is 0 Å². The topological polar surface area (TPSA) is 0 Å². The van der Waals surface area contributed by atoms with Crippen LogP contribution in [0.3, 0.4) is 0 Å². The molecule has 0 fully saturated rings. The van der Waals surface area contributed by atoms with Gasteiger partial charge in [-0.1, -0.05) is 91.4 Å². The molecule has 0 aromatic heterocycles. The third-order valence-electron chi connectivity index (χ3n) is 5.26. The highest BCUT2D eigenvalue weighted by molar-refractivity contribution is 7.99. The summed E-state index contributed by atoms with van der Waals surface area (Å²) in [6, 6.07) is 14.1. The van der Waals surface area contributed by atoms with Crippen LogP contribution in [0.25, 0.3) is 0 Å². The fraction of sp³-hybridized carbons (Fsp3) is 0.478. The second-order valence-electron chi connectivity index (χ2n) is 9.65. The second-order valence-corrected chi connectivity index (χ2v) is 10.7. The zero-order valence-corrected chi connectivity index (χ0v) is 17.2. The Bertz CT molecular complexity index is 717. The summed E-state index contributed by atoms with van der Waals surface area (Å²) in [7, 11) is 0. The van der Waals surface area contributed by atoms with E-state index in [2.05, 4.69) is 91.8 Å². The van der Waals surface area contributed by atoms with E-state index in [-0.39, 0.29) is 16.2 Å². The molecule has 0 spiro atoms. The zero-order valence-electron chi connectivity index (χ0n) is 16.4. The predicted octanol–water partition coefficient (Wildman–Crippen LogP) is 7.07. The quantitative estimate of drug-likeness (QED) is 0.495. The predicted molar refractivity (Wildman–Crippen MR) is 107 cm³/mol. The van der Waals surface area contributed by atoms with Crippen LogP contribution in [0.2, 0.25) is 0 Å². The Morgan fingerprint density at radius 3 is 1.38 bits per heavy atom. The monoisotopic (exact) mass is 338 g/mol. The van der Waals surface area contributed by atoms with Crippen molar-refractivity contribution in [1.82, 2.24) is 0 Å². The van der Waals surface area contributed by atoms with E-state index >= 15 is 0 Å². The summed E-state index contributed by atoms with van der Waals surface area (Å²) in [4.78, 5) is 2.81. The van der Waals surface area contributed by atoms with Crippen molar-refractivity contribution in [3.8, 4) is 0 Å². The molecule has 0 atom stereocenters. The summed E-state index contributed by atoms with van der Waals surface area (Å²) < 4.78 is 0. The number of rotatable bonds is 0. The Labute approximate surface area is 152 Å². The zero-order chi connectivity index (χ0) is 17.9. The highest BCUT2D eigenvalue weighted by Gasteiger charge is 2.34. The van der Waals surface area contributed by atoms with Crippen LogP contribution in [-0.4, -0.2) is 0 Å². The maximum Gasteiger partial charge on any atom is 0.0169 e. The first-order chi connectivity index (χ1) is 10.9. The fourth-order valence-corrected chi connectivity index (χ4v) is 4.77. The molecule has 0 unspecified atom stereocenters. The lowest BCUT2D eigenvalue weighted by atomic mass is 9.73. The molecule has 0 aliphatic carbocycles. The molecule has 0 bridgehead atoms. The van der Waals surface area contributed by atoms with Crippen molar-refractivity contribution in [3.63, 3.8) is 0 Å². The van der Waals surface area contributed by atoms with Gasteiger partial charge in [0.1, 0.15) is 0 Å². The normalized spacial score (nSPS) is 16.5. The van der Waals surface area contributed by atoms with Crippen LogP contribution in [0.4, 0.5) is 0 Å². The largest absolute Gasteiger partial charge is 0.0895 e. The third-order valence-corrected chi connectivity index (χ3v) is 6.41. The molecule has 2 aromatic carbocycles. The molecule has 24 heavy (non-hydrogen) atoms. The van der Waals surface area contributed by atoms with Gasteiger partial charge in [0.25, 0.3) is 0 Å². The van der Waals surface area contributed by atoms with E-state index in [4.69, 9.17) is 0 Å². The molecule has 128 valence electrons. The lowest BCUT2D eigenvalue weighted by Gasteiger charge is -2.37. The van der Waals surface area contributed by atoms with Crippen molar-refractivity contribution >= 4 is 11.8 Å². The smallest absolute Gasteiger partial charge is 0.0169 e. The Hall–Kier alpha value is -1.21. The number of hydrogen-bond donors (Lipinski definition) is 0. The average molecular weight is 339 g/mol. The summed E-state index contributed by atoms with van der Waals surface area (Å²) in [6.07, 6.45) is 0. The van der Waals surface area contributed by atoms with E-state index in [1.165, 1.54) is 32.0 Å². The molecule has 3 rings (SSSR count). The number of hydrogen-bond acceptors (Lipinski definition) is 1. The van der Waals surface area contributed by atoms with E-state index in [1.807, 2.05) is 11.8 Å². The summed E-state index contributed by atoms with van der Waals surface area (Å²) in [5.41, 5.74) is 6.19. The molecule has 0 N–H and O–H groups in total. The Balaban J connectivity index is 2.18. The Kier molecular flexibility index (Phi) is 3.96. The van der Waals surface area contributed by atoms with E-state index in [0.29, 0.717) is 0 Å². The molecule has 1 heteroatoms. The highest BCUT2D eigenvalue weighted by Crippen LogP contribution is 2.50. The van der Waals surface area contributed by atoms with Crippen molar-refractivity contribution in [3.05, 3.63) is 58.7 Å². The third kappa shape index (κ3) is 2.92. The van der Waals surface area contributed by atoms with Crippen LogP contribution >= 0.6 is 11.8 Å². The van der Waals surface area contributed by atoms with Crippen molar-refractivity contribution in [2.45, 2.75) is 81.4 Å². The van der Waals surface area contributed by atoms with Crippen molar-refractivity contribution in [2.24, 2.45) is 0 Å². The van der Waals surface area contributed by atoms with Gasteiger partial charge in [-0.2, -0.15) is 0 Å². The first kappa shape index (κ1) is 17.6. The van der Waals surface area contributed by atoms with Gasteiger partial charge in [-0.3, -0.25) is 0 Å².